The van der Waals surface area contributed by atoms with E-state index in [0.717, 1.165) is 51.7 Å². The Morgan fingerprint density at radius 1 is 1.07 bits per heavy atom. The van der Waals surface area contributed by atoms with Crippen molar-refractivity contribution in [2.45, 2.75) is 26.7 Å². The summed E-state index contributed by atoms with van der Waals surface area (Å²) in [5, 5.41) is 5.66. The van der Waals surface area contributed by atoms with Crippen LogP contribution in [0.25, 0.3) is 33.3 Å². The maximum Gasteiger partial charge on any atom is 0.162 e. The Kier molecular flexibility index (Phi) is 5.34. The van der Waals surface area contributed by atoms with Crippen LogP contribution in [0.2, 0.25) is 0 Å². The number of fused-ring (bicyclic) bond motifs is 2. The number of allylic oxidation sites excluding steroid dienone is 5. The summed E-state index contributed by atoms with van der Waals surface area (Å²) < 4.78 is 1.83. The fourth-order valence-electron chi connectivity index (χ4n) is 3.54. The smallest absolute Gasteiger partial charge is 0.162 e. The molecule has 0 spiro atoms. The van der Waals surface area contributed by atoms with Crippen LogP contribution in [0.5, 0.6) is 0 Å². The molecular formula is C25H24N4. The molecule has 0 aliphatic rings. The van der Waals surface area contributed by atoms with Crippen LogP contribution in [-0.4, -0.2) is 19.6 Å². The summed E-state index contributed by atoms with van der Waals surface area (Å²) in [5.41, 5.74) is 7.25. The predicted molar refractivity (Wildman–Crippen MR) is 121 cm³/mol. The van der Waals surface area contributed by atoms with Gasteiger partial charge in [0.15, 0.2) is 5.65 Å². The van der Waals surface area contributed by atoms with Crippen LogP contribution < -0.4 is 0 Å². The quantitative estimate of drug-likeness (QED) is 0.371. The van der Waals surface area contributed by atoms with Crippen molar-refractivity contribution in [2.24, 2.45) is 0 Å². The van der Waals surface area contributed by atoms with Gasteiger partial charge in [0.1, 0.15) is 0 Å². The topological polar surface area (TPSA) is 43.1 Å². The number of benzene rings is 1. The van der Waals surface area contributed by atoms with Gasteiger partial charge in [0.05, 0.1) is 11.7 Å². The lowest BCUT2D eigenvalue weighted by atomic mass is 10.0. The van der Waals surface area contributed by atoms with Crippen molar-refractivity contribution >= 4 is 22.1 Å². The minimum Gasteiger partial charge on any atom is -0.256 e. The van der Waals surface area contributed by atoms with Crippen molar-refractivity contribution in [2.75, 3.05) is 0 Å². The molecule has 0 amide bonds. The highest BCUT2D eigenvalue weighted by atomic mass is 15.2. The summed E-state index contributed by atoms with van der Waals surface area (Å²) in [5.74, 6) is 0. The fraction of sp³-hybridized carbons (Fsp3) is 0.160. The monoisotopic (exact) mass is 380 g/mol. The molecule has 0 bridgehead atoms. The third-order valence-electron chi connectivity index (χ3n) is 5.04. The molecule has 0 atom stereocenters. The second-order valence-electron chi connectivity index (χ2n) is 7.13. The molecule has 0 aliphatic carbocycles. The van der Waals surface area contributed by atoms with Gasteiger partial charge in [-0.05, 0) is 36.6 Å². The molecule has 29 heavy (non-hydrogen) atoms. The fourth-order valence-corrected chi connectivity index (χ4v) is 3.54. The molecule has 0 unspecified atom stereocenters. The number of hydrogen-bond acceptors (Lipinski definition) is 3. The van der Waals surface area contributed by atoms with E-state index < -0.39 is 0 Å². The minimum atomic E-state index is 0.825. The van der Waals surface area contributed by atoms with Crippen molar-refractivity contribution in [3.8, 4) is 11.1 Å². The number of hydrogen-bond donors (Lipinski definition) is 0. The normalized spacial score (nSPS) is 12.6. The van der Waals surface area contributed by atoms with E-state index in [1.54, 1.807) is 0 Å². The Morgan fingerprint density at radius 2 is 1.97 bits per heavy atom. The van der Waals surface area contributed by atoms with E-state index in [-0.39, 0.29) is 0 Å². The number of rotatable bonds is 6. The van der Waals surface area contributed by atoms with Gasteiger partial charge in [-0.25, -0.2) is 9.50 Å². The molecule has 0 saturated heterocycles. The first-order valence-corrected chi connectivity index (χ1v) is 9.89. The molecule has 0 radical (unpaired) electrons. The van der Waals surface area contributed by atoms with Crippen molar-refractivity contribution in [1.82, 2.24) is 19.6 Å². The molecule has 4 aromatic rings. The second kappa shape index (κ2) is 8.23. The Bertz CT molecular complexity index is 1240. The van der Waals surface area contributed by atoms with Gasteiger partial charge in [-0.2, -0.15) is 5.10 Å². The van der Waals surface area contributed by atoms with E-state index in [1.165, 1.54) is 5.57 Å². The first kappa shape index (κ1) is 18.8. The highest BCUT2D eigenvalue weighted by Gasteiger charge is 2.12. The van der Waals surface area contributed by atoms with Gasteiger partial charge in [-0.3, -0.25) is 4.98 Å². The largest absolute Gasteiger partial charge is 0.256 e. The van der Waals surface area contributed by atoms with Crippen molar-refractivity contribution < 1.29 is 0 Å². The first-order chi connectivity index (χ1) is 14.2. The van der Waals surface area contributed by atoms with Crippen LogP contribution >= 0.6 is 0 Å². The summed E-state index contributed by atoms with van der Waals surface area (Å²) in [7, 11) is 0. The van der Waals surface area contributed by atoms with Crippen LogP contribution in [0.1, 0.15) is 32.3 Å². The van der Waals surface area contributed by atoms with Gasteiger partial charge in [0.25, 0.3) is 0 Å². The Balaban J connectivity index is 1.77. The van der Waals surface area contributed by atoms with E-state index in [0.29, 0.717) is 0 Å². The van der Waals surface area contributed by atoms with Crippen LogP contribution in [-0.2, 0) is 0 Å². The molecule has 4 rings (SSSR count). The maximum atomic E-state index is 4.73. The lowest BCUT2D eigenvalue weighted by molar-refractivity contribution is 0.906. The van der Waals surface area contributed by atoms with E-state index in [1.807, 2.05) is 53.6 Å². The summed E-state index contributed by atoms with van der Waals surface area (Å²) in [6, 6.07) is 10.2. The maximum absolute atomic E-state index is 4.73. The molecule has 144 valence electrons. The molecule has 4 nitrogen and oxygen atoms in total. The molecule has 0 fully saturated rings. The van der Waals surface area contributed by atoms with E-state index in [9.17, 15) is 0 Å². The predicted octanol–water partition coefficient (Wildman–Crippen LogP) is 6.26. The zero-order valence-electron chi connectivity index (χ0n) is 16.8. The van der Waals surface area contributed by atoms with Gasteiger partial charge >= 0.3 is 0 Å². The van der Waals surface area contributed by atoms with Gasteiger partial charge in [-0.1, -0.05) is 61.9 Å². The Morgan fingerprint density at radius 3 is 2.79 bits per heavy atom. The molecule has 0 aliphatic heterocycles. The van der Waals surface area contributed by atoms with Gasteiger partial charge < -0.3 is 0 Å². The van der Waals surface area contributed by atoms with Crippen LogP contribution in [0, 0.1) is 0 Å². The molecule has 0 saturated carbocycles. The van der Waals surface area contributed by atoms with E-state index in [4.69, 9.17) is 4.98 Å². The SMILES string of the molecule is C=C/C(=C\C=C(\C)CCC)c1cnc2c(-c3cccc4ncccc34)cnn2c1. The third-order valence-corrected chi connectivity index (χ3v) is 5.04. The number of nitrogens with zero attached hydrogens (tertiary/aromatic N) is 4. The van der Waals surface area contributed by atoms with Crippen molar-refractivity contribution in [1.29, 1.82) is 0 Å². The Hall–Kier alpha value is -3.53. The molecule has 1 aromatic carbocycles. The molecule has 3 aromatic heterocycles. The number of aromatic nitrogens is 4. The highest BCUT2D eigenvalue weighted by molar-refractivity contribution is 5.97. The second-order valence-corrected chi connectivity index (χ2v) is 7.13. The van der Waals surface area contributed by atoms with Crippen LogP contribution in [0.15, 0.2) is 85.5 Å². The third kappa shape index (κ3) is 3.74. The van der Waals surface area contributed by atoms with Crippen molar-refractivity contribution in [3.05, 3.63) is 91.1 Å². The summed E-state index contributed by atoms with van der Waals surface area (Å²) in [4.78, 5) is 9.18. The summed E-state index contributed by atoms with van der Waals surface area (Å²) in [6.07, 6.45) is 15.9. The van der Waals surface area contributed by atoms with E-state index in [2.05, 4.69) is 54.8 Å². The summed E-state index contributed by atoms with van der Waals surface area (Å²) >= 11 is 0. The summed E-state index contributed by atoms with van der Waals surface area (Å²) in [6.45, 7) is 8.31. The minimum absolute atomic E-state index is 0.825. The number of pyridine rings is 1. The van der Waals surface area contributed by atoms with Crippen LogP contribution in [0.3, 0.4) is 0 Å². The van der Waals surface area contributed by atoms with Gasteiger partial charge in [-0.15, -0.1) is 0 Å². The molecule has 0 N–H and O–H groups in total. The first-order valence-electron chi connectivity index (χ1n) is 9.89. The average molecular weight is 380 g/mol. The van der Waals surface area contributed by atoms with Crippen molar-refractivity contribution in [3.63, 3.8) is 0 Å². The average Bonchev–Trinajstić information content (AvgIpc) is 3.17. The van der Waals surface area contributed by atoms with E-state index >= 15 is 0 Å². The van der Waals surface area contributed by atoms with Gasteiger partial charge in [0, 0.05) is 35.1 Å². The molecule has 4 heteroatoms. The zero-order chi connectivity index (χ0) is 20.2. The standard InChI is InChI=1S/C25H24N4/c1-4-8-18(3)12-13-19(5-2)20-15-27-25-23(16-28-29(25)17-20)21-9-6-11-24-22(21)10-7-14-26-24/h5-7,9-17H,2,4,8H2,1,3H3/b18-12-,19-13+. The Labute approximate surface area is 170 Å². The molecular weight excluding hydrogens is 356 g/mol. The lowest BCUT2D eigenvalue weighted by Crippen LogP contribution is -1.94. The highest BCUT2D eigenvalue weighted by Crippen LogP contribution is 2.30. The molecule has 3 heterocycles. The van der Waals surface area contributed by atoms with Crippen LogP contribution in [0.4, 0.5) is 0 Å². The zero-order valence-corrected chi connectivity index (χ0v) is 16.8. The van der Waals surface area contributed by atoms with Gasteiger partial charge in [0.2, 0.25) is 0 Å². The lowest BCUT2D eigenvalue weighted by Gasteiger charge is -2.06.